The number of ether oxygens (including phenoxy) is 1. The molecular formula is C20H30N2O2S. The van der Waals surface area contributed by atoms with Crippen LogP contribution in [0.1, 0.15) is 36.8 Å². The molecule has 25 heavy (non-hydrogen) atoms. The van der Waals surface area contributed by atoms with E-state index < -0.39 is 0 Å². The topological polar surface area (TPSA) is 35.9 Å². The van der Waals surface area contributed by atoms with Gasteiger partial charge in [-0.05, 0) is 54.9 Å². The highest BCUT2D eigenvalue weighted by Gasteiger charge is 2.25. The number of piperidine rings is 1. The first-order chi connectivity index (χ1) is 12.3. The minimum Gasteiger partial charge on any atom is -0.492 e. The molecule has 4 nitrogen and oxygen atoms in total. The second-order valence-corrected chi connectivity index (χ2v) is 8.84. The van der Waals surface area contributed by atoms with Gasteiger partial charge in [-0.2, -0.15) is 11.8 Å². The molecule has 138 valence electrons. The summed E-state index contributed by atoms with van der Waals surface area (Å²) in [4.78, 5) is 5.11. The van der Waals surface area contributed by atoms with E-state index in [4.69, 9.17) is 4.74 Å². The quantitative estimate of drug-likeness (QED) is 0.895. The van der Waals surface area contributed by atoms with Crippen molar-refractivity contribution >= 4 is 11.8 Å². The number of fused-ring (bicyclic) bond motifs is 1. The van der Waals surface area contributed by atoms with Crippen molar-refractivity contribution in [3.05, 3.63) is 29.3 Å². The lowest BCUT2D eigenvalue weighted by Crippen LogP contribution is -2.38. The van der Waals surface area contributed by atoms with Crippen LogP contribution in [0.15, 0.2) is 18.2 Å². The van der Waals surface area contributed by atoms with E-state index >= 15 is 0 Å². The average Bonchev–Trinajstić information content (AvgIpc) is 2.86. The van der Waals surface area contributed by atoms with Gasteiger partial charge < -0.3 is 9.84 Å². The molecule has 4 rings (SSSR count). The highest BCUT2D eigenvalue weighted by atomic mass is 32.2. The molecule has 0 radical (unpaired) electrons. The van der Waals surface area contributed by atoms with Crippen LogP contribution in [0.5, 0.6) is 5.75 Å². The van der Waals surface area contributed by atoms with Gasteiger partial charge in [-0.25, -0.2) is 0 Å². The maximum Gasteiger partial charge on any atom is 0.123 e. The van der Waals surface area contributed by atoms with Crippen molar-refractivity contribution in [1.29, 1.82) is 0 Å². The van der Waals surface area contributed by atoms with Crippen LogP contribution in [-0.4, -0.2) is 64.8 Å². The van der Waals surface area contributed by atoms with Gasteiger partial charge in [0.25, 0.3) is 0 Å². The number of aliphatic hydroxyl groups is 1. The molecule has 5 heteroatoms. The molecular weight excluding hydrogens is 332 g/mol. The molecule has 0 saturated carbocycles. The summed E-state index contributed by atoms with van der Waals surface area (Å²) in [6.45, 7) is 5.86. The lowest BCUT2D eigenvalue weighted by Gasteiger charge is -2.33. The van der Waals surface area contributed by atoms with Gasteiger partial charge in [0, 0.05) is 44.3 Å². The maximum atomic E-state index is 9.69. The normalized spacial score (nSPS) is 24.5. The van der Waals surface area contributed by atoms with Gasteiger partial charge in [-0.3, -0.25) is 9.80 Å². The monoisotopic (exact) mass is 362 g/mol. The Labute approximate surface area is 155 Å². The summed E-state index contributed by atoms with van der Waals surface area (Å²) in [6, 6.07) is 7.47. The van der Waals surface area contributed by atoms with E-state index in [1.165, 1.54) is 35.5 Å². The van der Waals surface area contributed by atoms with Gasteiger partial charge in [0.1, 0.15) is 12.4 Å². The van der Waals surface area contributed by atoms with Crippen LogP contribution in [0, 0.1) is 0 Å². The predicted molar refractivity (Wildman–Crippen MR) is 103 cm³/mol. The van der Waals surface area contributed by atoms with E-state index in [-0.39, 0.29) is 6.10 Å². The molecule has 3 heterocycles. The summed E-state index contributed by atoms with van der Waals surface area (Å²) in [7, 11) is 0. The molecule has 0 aliphatic carbocycles. The summed E-state index contributed by atoms with van der Waals surface area (Å²) in [5.74, 6) is 3.68. The van der Waals surface area contributed by atoms with Crippen molar-refractivity contribution in [2.75, 3.05) is 37.7 Å². The van der Waals surface area contributed by atoms with Crippen molar-refractivity contribution in [2.45, 2.75) is 50.9 Å². The second kappa shape index (κ2) is 8.30. The molecule has 0 unspecified atom stereocenters. The fraction of sp³-hybridized carbons (Fsp3) is 0.700. The lowest BCUT2D eigenvalue weighted by molar-refractivity contribution is 0.0792. The van der Waals surface area contributed by atoms with Crippen molar-refractivity contribution in [3.63, 3.8) is 0 Å². The maximum absolute atomic E-state index is 9.69. The largest absolute Gasteiger partial charge is 0.492 e. The summed E-state index contributed by atoms with van der Waals surface area (Å²) in [5, 5.41) is 9.69. The van der Waals surface area contributed by atoms with Gasteiger partial charge in [0.15, 0.2) is 0 Å². The highest BCUT2D eigenvalue weighted by molar-refractivity contribution is 7.99. The molecule has 0 atom stereocenters. The number of hydrogen-bond donors (Lipinski definition) is 1. The second-order valence-electron chi connectivity index (χ2n) is 7.61. The lowest BCUT2D eigenvalue weighted by atomic mass is 10.0. The molecule has 0 bridgehead atoms. The Morgan fingerprint density at radius 1 is 1.08 bits per heavy atom. The summed E-state index contributed by atoms with van der Waals surface area (Å²) >= 11 is 2.09. The average molecular weight is 363 g/mol. The minimum absolute atomic E-state index is 0.0982. The number of likely N-dealkylation sites (tertiary alicyclic amines) is 1. The number of aliphatic hydroxyl groups excluding tert-OH is 1. The van der Waals surface area contributed by atoms with Crippen LogP contribution in [0.2, 0.25) is 0 Å². The van der Waals surface area contributed by atoms with E-state index in [0.29, 0.717) is 0 Å². The Morgan fingerprint density at radius 2 is 1.88 bits per heavy atom. The number of nitrogens with zero attached hydrogens (tertiary/aromatic N) is 2. The highest BCUT2D eigenvalue weighted by Crippen LogP contribution is 2.29. The molecule has 1 aromatic carbocycles. The van der Waals surface area contributed by atoms with Crippen LogP contribution < -0.4 is 4.74 Å². The van der Waals surface area contributed by atoms with Crippen LogP contribution in [-0.2, 0) is 13.1 Å². The number of thioether (sulfide) groups is 1. The summed E-state index contributed by atoms with van der Waals surface area (Å²) < 4.78 is 6.04. The molecule has 0 aromatic heterocycles. The van der Waals surface area contributed by atoms with Gasteiger partial charge in [0.05, 0.1) is 6.10 Å². The van der Waals surface area contributed by atoms with Crippen LogP contribution in [0.25, 0.3) is 0 Å². The molecule has 0 spiro atoms. The molecule has 3 aliphatic heterocycles. The van der Waals surface area contributed by atoms with E-state index in [1.54, 1.807) is 0 Å². The van der Waals surface area contributed by atoms with Crippen LogP contribution in [0.3, 0.4) is 0 Å². The fourth-order valence-electron chi connectivity index (χ4n) is 4.26. The fourth-order valence-corrected chi connectivity index (χ4v) is 5.35. The Morgan fingerprint density at radius 3 is 2.68 bits per heavy atom. The van der Waals surface area contributed by atoms with Gasteiger partial charge in [-0.15, -0.1) is 0 Å². The van der Waals surface area contributed by atoms with Crippen molar-refractivity contribution < 1.29 is 9.84 Å². The molecule has 3 aliphatic rings. The minimum atomic E-state index is -0.0982. The van der Waals surface area contributed by atoms with Gasteiger partial charge in [0.2, 0.25) is 0 Å². The standard InChI is InChI=1S/C20H30N2O2S/c23-19-3-7-21(8-4-19)14-16-1-2-20-17(13-16)15-22(9-10-24-20)18-5-11-25-12-6-18/h1-2,13,18-19,23H,3-12,14-15H2. The van der Waals surface area contributed by atoms with Gasteiger partial charge in [-0.1, -0.05) is 6.07 Å². The SMILES string of the molecule is OC1CCN(Cc2ccc3c(c2)CN(C2CCSCC2)CCO3)CC1. The molecule has 0 amide bonds. The molecule has 1 N–H and O–H groups in total. The van der Waals surface area contributed by atoms with E-state index in [1.807, 2.05) is 0 Å². The van der Waals surface area contributed by atoms with Crippen LogP contribution >= 0.6 is 11.8 Å². The zero-order valence-corrected chi connectivity index (χ0v) is 15.8. The predicted octanol–water partition coefficient (Wildman–Crippen LogP) is 2.73. The number of benzene rings is 1. The number of rotatable bonds is 3. The zero-order chi connectivity index (χ0) is 17.1. The summed E-state index contributed by atoms with van der Waals surface area (Å²) in [6.07, 6.45) is 4.34. The Kier molecular flexibility index (Phi) is 5.86. The van der Waals surface area contributed by atoms with Crippen molar-refractivity contribution in [1.82, 2.24) is 9.80 Å². The molecule has 2 saturated heterocycles. The third-order valence-electron chi connectivity index (χ3n) is 5.80. The third kappa shape index (κ3) is 4.51. The number of hydrogen-bond acceptors (Lipinski definition) is 5. The Balaban J connectivity index is 1.44. The van der Waals surface area contributed by atoms with Crippen molar-refractivity contribution in [2.24, 2.45) is 0 Å². The smallest absolute Gasteiger partial charge is 0.123 e. The first-order valence-corrected chi connectivity index (χ1v) is 10.9. The molecule has 2 fully saturated rings. The summed E-state index contributed by atoms with van der Waals surface area (Å²) in [5.41, 5.74) is 2.73. The molecule has 1 aromatic rings. The zero-order valence-electron chi connectivity index (χ0n) is 15.0. The Bertz CT molecular complexity index is 569. The first kappa shape index (κ1) is 17.7. The van der Waals surface area contributed by atoms with E-state index in [9.17, 15) is 5.11 Å². The van der Waals surface area contributed by atoms with Gasteiger partial charge >= 0.3 is 0 Å². The first-order valence-electron chi connectivity index (χ1n) is 9.75. The van der Waals surface area contributed by atoms with E-state index in [2.05, 4.69) is 39.8 Å². The van der Waals surface area contributed by atoms with Crippen LogP contribution in [0.4, 0.5) is 0 Å². The van der Waals surface area contributed by atoms with Crippen molar-refractivity contribution in [3.8, 4) is 5.75 Å². The Hall–Kier alpha value is -0.750. The van der Waals surface area contributed by atoms with E-state index in [0.717, 1.165) is 64.0 Å². The third-order valence-corrected chi connectivity index (χ3v) is 6.85.